The Bertz CT molecular complexity index is 1030. The second-order valence-electron chi connectivity index (χ2n) is 6.70. The number of nitrogens with zero attached hydrogens (tertiary/aromatic N) is 2. The number of anilines is 1. The summed E-state index contributed by atoms with van der Waals surface area (Å²) in [5.41, 5.74) is 3.36. The van der Waals surface area contributed by atoms with Crippen LogP contribution in [0.5, 0.6) is 5.75 Å². The molecule has 29 heavy (non-hydrogen) atoms. The van der Waals surface area contributed by atoms with E-state index >= 15 is 0 Å². The lowest BCUT2D eigenvalue weighted by Gasteiger charge is -2.29. The fourth-order valence-electron chi connectivity index (χ4n) is 3.12. The van der Waals surface area contributed by atoms with Gasteiger partial charge in [0.2, 0.25) is 5.91 Å². The summed E-state index contributed by atoms with van der Waals surface area (Å²) in [6.45, 7) is 2.48. The third-order valence-corrected chi connectivity index (χ3v) is 5.49. The summed E-state index contributed by atoms with van der Waals surface area (Å²) in [5.74, 6) is 0.179. The largest absolute Gasteiger partial charge is 0.482 e. The fraction of sp³-hybridized carbons (Fsp3) is 0.227. The summed E-state index contributed by atoms with van der Waals surface area (Å²) < 4.78 is 5.55. The standard InChI is InChI=1S/C22H21N3O3S/c1-2-10-23-20(26)12-25-18-11-16(8-9-19(18)28-13-21(25)27)17-14-29-22(24-17)15-6-4-3-5-7-15/h3-9,11,14H,2,10,12-13H2,1H3,(H,23,26). The molecule has 0 bridgehead atoms. The van der Waals surface area contributed by atoms with E-state index < -0.39 is 0 Å². The highest BCUT2D eigenvalue weighted by molar-refractivity contribution is 7.13. The lowest BCUT2D eigenvalue weighted by molar-refractivity contribution is -0.125. The molecule has 0 radical (unpaired) electrons. The van der Waals surface area contributed by atoms with E-state index in [-0.39, 0.29) is 25.0 Å². The molecule has 6 nitrogen and oxygen atoms in total. The van der Waals surface area contributed by atoms with Gasteiger partial charge in [-0.3, -0.25) is 14.5 Å². The third-order valence-electron chi connectivity index (χ3n) is 4.60. The zero-order valence-electron chi connectivity index (χ0n) is 16.1. The Balaban J connectivity index is 1.62. The number of ether oxygens (including phenoxy) is 1. The van der Waals surface area contributed by atoms with E-state index in [4.69, 9.17) is 9.72 Å². The van der Waals surface area contributed by atoms with Crippen LogP contribution >= 0.6 is 11.3 Å². The number of carbonyl (C=O) groups is 2. The van der Waals surface area contributed by atoms with Gasteiger partial charge in [0.15, 0.2) is 6.61 Å². The molecule has 1 aliphatic heterocycles. The minimum atomic E-state index is -0.232. The highest BCUT2D eigenvalue weighted by Gasteiger charge is 2.28. The fourth-order valence-corrected chi connectivity index (χ4v) is 3.95. The highest BCUT2D eigenvalue weighted by atomic mass is 32.1. The lowest BCUT2D eigenvalue weighted by Crippen LogP contribution is -2.45. The normalized spacial score (nSPS) is 13.0. The van der Waals surface area contributed by atoms with Crippen LogP contribution < -0.4 is 15.0 Å². The molecule has 1 aliphatic rings. The van der Waals surface area contributed by atoms with Crippen LogP contribution in [0.3, 0.4) is 0 Å². The predicted molar refractivity (Wildman–Crippen MR) is 114 cm³/mol. The van der Waals surface area contributed by atoms with Crippen LogP contribution in [0.4, 0.5) is 5.69 Å². The molecule has 0 atom stereocenters. The number of aromatic nitrogens is 1. The first-order valence-electron chi connectivity index (χ1n) is 9.51. The molecule has 1 N–H and O–H groups in total. The summed E-state index contributed by atoms with van der Waals surface area (Å²) in [6, 6.07) is 15.6. The zero-order chi connectivity index (χ0) is 20.2. The van der Waals surface area contributed by atoms with Gasteiger partial charge in [-0.2, -0.15) is 0 Å². The minimum absolute atomic E-state index is 0.0228. The first-order valence-corrected chi connectivity index (χ1v) is 10.4. The molecule has 0 saturated heterocycles. The molecule has 0 saturated carbocycles. The molecule has 0 spiro atoms. The molecule has 3 aromatic rings. The van der Waals surface area contributed by atoms with E-state index in [0.29, 0.717) is 18.0 Å². The van der Waals surface area contributed by atoms with Crippen molar-refractivity contribution < 1.29 is 14.3 Å². The van der Waals surface area contributed by atoms with Crippen LogP contribution in [-0.2, 0) is 9.59 Å². The van der Waals surface area contributed by atoms with Crippen molar-refractivity contribution in [3.8, 4) is 27.6 Å². The smallest absolute Gasteiger partial charge is 0.265 e. The summed E-state index contributed by atoms with van der Waals surface area (Å²) in [4.78, 5) is 30.8. The molecule has 0 aliphatic carbocycles. The van der Waals surface area contributed by atoms with Crippen LogP contribution in [0.25, 0.3) is 21.8 Å². The Morgan fingerprint density at radius 1 is 1.21 bits per heavy atom. The van der Waals surface area contributed by atoms with Gasteiger partial charge >= 0.3 is 0 Å². The molecule has 2 amide bonds. The maximum atomic E-state index is 12.4. The van der Waals surface area contributed by atoms with Gasteiger partial charge in [-0.15, -0.1) is 11.3 Å². The van der Waals surface area contributed by atoms with E-state index in [9.17, 15) is 9.59 Å². The number of fused-ring (bicyclic) bond motifs is 1. The van der Waals surface area contributed by atoms with E-state index in [1.807, 2.05) is 60.8 Å². The summed E-state index contributed by atoms with van der Waals surface area (Å²) in [6.07, 6.45) is 0.844. The second kappa shape index (κ2) is 8.45. The summed E-state index contributed by atoms with van der Waals surface area (Å²) in [5, 5.41) is 5.74. The zero-order valence-corrected chi connectivity index (χ0v) is 16.9. The van der Waals surface area contributed by atoms with E-state index in [0.717, 1.165) is 28.2 Å². The average molecular weight is 407 g/mol. The number of hydrogen-bond acceptors (Lipinski definition) is 5. The van der Waals surface area contributed by atoms with Crippen molar-refractivity contribution in [3.63, 3.8) is 0 Å². The number of benzene rings is 2. The van der Waals surface area contributed by atoms with Crippen molar-refractivity contribution in [2.45, 2.75) is 13.3 Å². The maximum Gasteiger partial charge on any atom is 0.265 e. The SMILES string of the molecule is CCCNC(=O)CN1C(=O)COc2ccc(-c3csc(-c4ccccc4)n3)cc21. The van der Waals surface area contributed by atoms with Crippen molar-refractivity contribution in [1.82, 2.24) is 10.3 Å². The quantitative estimate of drug-likeness (QED) is 0.676. The molecule has 2 heterocycles. The molecule has 7 heteroatoms. The van der Waals surface area contributed by atoms with Crippen LogP contribution in [0.2, 0.25) is 0 Å². The van der Waals surface area contributed by atoms with Gasteiger partial charge in [-0.25, -0.2) is 4.98 Å². The third kappa shape index (κ3) is 4.14. The Morgan fingerprint density at radius 2 is 2.03 bits per heavy atom. The van der Waals surface area contributed by atoms with Crippen molar-refractivity contribution in [1.29, 1.82) is 0 Å². The van der Waals surface area contributed by atoms with Gasteiger partial charge in [0, 0.05) is 23.1 Å². The minimum Gasteiger partial charge on any atom is -0.482 e. The number of hydrogen-bond donors (Lipinski definition) is 1. The Hall–Kier alpha value is -3.19. The summed E-state index contributed by atoms with van der Waals surface area (Å²) >= 11 is 1.57. The molecule has 2 aromatic carbocycles. The molecular formula is C22H21N3O3S. The van der Waals surface area contributed by atoms with Crippen LogP contribution in [0, 0.1) is 0 Å². The summed E-state index contributed by atoms with van der Waals surface area (Å²) in [7, 11) is 0. The van der Waals surface area contributed by atoms with Gasteiger partial charge in [0.25, 0.3) is 5.91 Å². The molecule has 148 valence electrons. The highest BCUT2D eigenvalue weighted by Crippen LogP contribution is 2.37. The average Bonchev–Trinajstić information content (AvgIpc) is 3.25. The van der Waals surface area contributed by atoms with Crippen molar-refractivity contribution in [3.05, 3.63) is 53.9 Å². The Labute approximate surface area is 173 Å². The first-order chi connectivity index (χ1) is 14.2. The second-order valence-corrected chi connectivity index (χ2v) is 7.56. The molecule has 4 rings (SSSR count). The van der Waals surface area contributed by atoms with Gasteiger partial charge in [-0.05, 0) is 24.6 Å². The number of amides is 2. The van der Waals surface area contributed by atoms with Gasteiger partial charge in [0.1, 0.15) is 17.3 Å². The Morgan fingerprint density at radius 3 is 2.83 bits per heavy atom. The van der Waals surface area contributed by atoms with Crippen molar-refractivity contribution >= 4 is 28.8 Å². The number of carbonyl (C=O) groups excluding carboxylic acids is 2. The van der Waals surface area contributed by atoms with E-state index in [1.165, 1.54) is 4.90 Å². The number of thiazole rings is 1. The maximum absolute atomic E-state index is 12.4. The van der Waals surface area contributed by atoms with Gasteiger partial charge in [0.05, 0.1) is 11.4 Å². The van der Waals surface area contributed by atoms with Crippen LogP contribution in [-0.4, -0.2) is 36.5 Å². The molecular weight excluding hydrogens is 386 g/mol. The first kappa shape index (κ1) is 19.1. The monoisotopic (exact) mass is 407 g/mol. The van der Waals surface area contributed by atoms with E-state index in [1.54, 1.807) is 11.3 Å². The van der Waals surface area contributed by atoms with Crippen LogP contribution in [0.15, 0.2) is 53.9 Å². The number of rotatable bonds is 6. The van der Waals surface area contributed by atoms with Crippen molar-refractivity contribution in [2.24, 2.45) is 0 Å². The predicted octanol–water partition coefficient (Wildman–Crippen LogP) is 3.73. The van der Waals surface area contributed by atoms with Gasteiger partial charge < -0.3 is 10.1 Å². The molecule has 1 aromatic heterocycles. The molecule has 0 fully saturated rings. The lowest BCUT2D eigenvalue weighted by atomic mass is 10.1. The van der Waals surface area contributed by atoms with Crippen molar-refractivity contribution in [2.75, 3.05) is 24.6 Å². The van der Waals surface area contributed by atoms with E-state index in [2.05, 4.69) is 5.32 Å². The topological polar surface area (TPSA) is 71.5 Å². The van der Waals surface area contributed by atoms with Crippen LogP contribution in [0.1, 0.15) is 13.3 Å². The molecule has 0 unspecified atom stereocenters. The Kier molecular flexibility index (Phi) is 5.57. The van der Waals surface area contributed by atoms with Gasteiger partial charge in [-0.1, -0.05) is 37.3 Å². The number of nitrogens with one attached hydrogen (secondary N) is 1.